The van der Waals surface area contributed by atoms with Crippen molar-refractivity contribution in [2.45, 2.75) is 6.92 Å². The molecule has 1 heterocycles. The van der Waals surface area contributed by atoms with Crippen LogP contribution in [0.25, 0.3) is 0 Å². The van der Waals surface area contributed by atoms with E-state index in [1.807, 2.05) is 6.07 Å². The normalized spacial score (nSPS) is 9.83. The van der Waals surface area contributed by atoms with Crippen molar-refractivity contribution in [3.63, 3.8) is 0 Å². The fourth-order valence-electron chi connectivity index (χ4n) is 1.42. The molecule has 0 spiro atoms. The largest absolute Gasteiger partial charge is 0.462 e. The Hall–Kier alpha value is -2.36. The van der Waals surface area contributed by atoms with Gasteiger partial charge in [-0.15, -0.1) is 0 Å². The van der Waals surface area contributed by atoms with Crippen LogP contribution < -0.4 is 4.74 Å². The van der Waals surface area contributed by atoms with Gasteiger partial charge in [-0.25, -0.2) is 4.79 Å². The quantitative estimate of drug-likeness (QED) is 0.774. The van der Waals surface area contributed by atoms with Crippen LogP contribution in [0.5, 0.6) is 11.5 Å². The molecule has 0 aliphatic heterocycles. The lowest BCUT2D eigenvalue weighted by Gasteiger charge is -2.06. The summed E-state index contributed by atoms with van der Waals surface area (Å²) in [7, 11) is 0. The van der Waals surface area contributed by atoms with Crippen molar-refractivity contribution in [1.29, 1.82) is 0 Å². The van der Waals surface area contributed by atoms with E-state index in [1.54, 1.807) is 49.6 Å². The second kappa shape index (κ2) is 5.82. The third kappa shape index (κ3) is 3.07. The number of nitrogens with zero attached hydrogens (tertiary/aromatic N) is 1. The summed E-state index contributed by atoms with van der Waals surface area (Å²) < 4.78 is 10.5. The standard InChI is InChI=1S/C14H13NO3/c1-2-17-14(16)11-5-7-12(8-6-11)18-13-4-3-9-15-10-13/h3-10H,2H2,1H3. The average Bonchev–Trinajstić information content (AvgIpc) is 2.41. The lowest BCUT2D eigenvalue weighted by Crippen LogP contribution is -2.03. The minimum Gasteiger partial charge on any atom is -0.462 e. The van der Waals surface area contributed by atoms with Crippen molar-refractivity contribution >= 4 is 5.97 Å². The number of carbonyl (C=O) groups is 1. The predicted octanol–water partition coefficient (Wildman–Crippen LogP) is 3.05. The first-order chi connectivity index (χ1) is 8.79. The number of rotatable bonds is 4. The minimum atomic E-state index is -0.328. The Kier molecular flexibility index (Phi) is 3.91. The van der Waals surface area contributed by atoms with Crippen LogP contribution in [0.3, 0.4) is 0 Å². The molecule has 1 aromatic heterocycles. The molecule has 92 valence electrons. The highest BCUT2D eigenvalue weighted by Gasteiger charge is 2.06. The van der Waals surface area contributed by atoms with Gasteiger partial charge in [-0.3, -0.25) is 4.98 Å². The monoisotopic (exact) mass is 243 g/mol. The topological polar surface area (TPSA) is 48.4 Å². The van der Waals surface area contributed by atoms with Crippen molar-refractivity contribution in [1.82, 2.24) is 4.98 Å². The first-order valence-electron chi connectivity index (χ1n) is 5.64. The number of benzene rings is 1. The summed E-state index contributed by atoms with van der Waals surface area (Å²) in [4.78, 5) is 15.4. The number of pyridine rings is 1. The molecule has 1 aromatic carbocycles. The molecule has 0 saturated heterocycles. The third-order valence-electron chi connectivity index (χ3n) is 2.24. The van der Waals surface area contributed by atoms with Crippen molar-refractivity contribution in [2.24, 2.45) is 0 Å². The van der Waals surface area contributed by atoms with E-state index in [0.29, 0.717) is 23.7 Å². The van der Waals surface area contributed by atoms with Crippen molar-refractivity contribution < 1.29 is 14.3 Å². The van der Waals surface area contributed by atoms with Gasteiger partial charge in [0.1, 0.15) is 11.5 Å². The molecular formula is C14H13NO3. The molecule has 0 amide bonds. The molecule has 0 saturated carbocycles. The third-order valence-corrected chi connectivity index (χ3v) is 2.24. The maximum Gasteiger partial charge on any atom is 0.338 e. The Morgan fingerprint density at radius 3 is 2.56 bits per heavy atom. The highest BCUT2D eigenvalue weighted by atomic mass is 16.5. The minimum absolute atomic E-state index is 0.328. The average molecular weight is 243 g/mol. The number of esters is 1. The highest BCUT2D eigenvalue weighted by molar-refractivity contribution is 5.89. The maximum absolute atomic E-state index is 11.4. The van der Waals surface area contributed by atoms with Gasteiger partial charge in [-0.05, 0) is 43.3 Å². The summed E-state index contributed by atoms with van der Waals surface area (Å²) in [5.74, 6) is 0.975. The molecule has 2 aromatic rings. The van der Waals surface area contributed by atoms with Crippen LogP contribution in [0.1, 0.15) is 17.3 Å². The molecule has 2 rings (SSSR count). The Morgan fingerprint density at radius 2 is 1.94 bits per heavy atom. The molecule has 4 nitrogen and oxygen atoms in total. The molecule has 0 atom stereocenters. The van der Waals surface area contributed by atoms with E-state index in [1.165, 1.54) is 0 Å². The van der Waals surface area contributed by atoms with E-state index in [-0.39, 0.29) is 5.97 Å². The number of aromatic nitrogens is 1. The summed E-state index contributed by atoms with van der Waals surface area (Å²) >= 11 is 0. The second-order valence-corrected chi connectivity index (χ2v) is 3.54. The van der Waals surface area contributed by atoms with Crippen LogP contribution in [-0.4, -0.2) is 17.6 Å². The number of hydrogen-bond donors (Lipinski definition) is 0. The van der Waals surface area contributed by atoms with Crippen LogP contribution in [0.2, 0.25) is 0 Å². The van der Waals surface area contributed by atoms with Gasteiger partial charge < -0.3 is 9.47 Å². The van der Waals surface area contributed by atoms with Crippen LogP contribution >= 0.6 is 0 Å². The summed E-state index contributed by atoms with van der Waals surface area (Å²) in [5.41, 5.74) is 0.510. The van der Waals surface area contributed by atoms with Crippen molar-refractivity contribution in [3.8, 4) is 11.5 Å². The van der Waals surface area contributed by atoms with E-state index in [2.05, 4.69) is 4.98 Å². The smallest absolute Gasteiger partial charge is 0.338 e. The van der Waals surface area contributed by atoms with Crippen LogP contribution in [0.4, 0.5) is 0 Å². The Bertz CT molecular complexity index is 508. The van der Waals surface area contributed by atoms with Gasteiger partial charge >= 0.3 is 5.97 Å². The number of hydrogen-bond acceptors (Lipinski definition) is 4. The van der Waals surface area contributed by atoms with Gasteiger partial charge in [-0.1, -0.05) is 0 Å². The molecule has 4 heteroatoms. The van der Waals surface area contributed by atoms with Crippen molar-refractivity contribution in [3.05, 3.63) is 54.4 Å². The lowest BCUT2D eigenvalue weighted by atomic mass is 10.2. The molecule has 0 fully saturated rings. The highest BCUT2D eigenvalue weighted by Crippen LogP contribution is 2.20. The Morgan fingerprint density at radius 1 is 1.17 bits per heavy atom. The van der Waals surface area contributed by atoms with Gasteiger partial charge in [0, 0.05) is 6.20 Å². The predicted molar refractivity (Wildman–Crippen MR) is 66.7 cm³/mol. The van der Waals surface area contributed by atoms with E-state index >= 15 is 0 Å². The van der Waals surface area contributed by atoms with Gasteiger partial charge in [0.15, 0.2) is 0 Å². The zero-order valence-electron chi connectivity index (χ0n) is 10.00. The fourth-order valence-corrected chi connectivity index (χ4v) is 1.42. The molecule has 0 unspecified atom stereocenters. The van der Waals surface area contributed by atoms with E-state index < -0.39 is 0 Å². The molecule has 0 aliphatic carbocycles. The summed E-state index contributed by atoms with van der Waals surface area (Å²) in [6, 6.07) is 10.4. The van der Waals surface area contributed by atoms with Gasteiger partial charge in [0.2, 0.25) is 0 Å². The zero-order chi connectivity index (χ0) is 12.8. The Labute approximate surface area is 105 Å². The molecule has 0 N–H and O–H groups in total. The second-order valence-electron chi connectivity index (χ2n) is 3.54. The van der Waals surface area contributed by atoms with Crippen LogP contribution in [0.15, 0.2) is 48.8 Å². The molecule has 0 aliphatic rings. The van der Waals surface area contributed by atoms with Crippen LogP contribution in [0, 0.1) is 0 Å². The first kappa shape index (κ1) is 12.1. The number of carbonyl (C=O) groups excluding carboxylic acids is 1. The van der Waals surface area contributed by atoms with Crippen LogP contribution in [-0.2, 0) is 4.74 Å². The Balaban J connectivity index is 2.06. The fraction of sp³-hybridized carbons (Fsp3) is 0.143. The van der Waals surface area contributed by atoms with Gasteiger partial charge in [0.05, 0.1) is 18.4 Å². The van der Waals surface area contributed by atoms with E-state index in [0.717, 1.165) is 0 Å². The van der Waals surface area contributed by atoms with Gasteiger partial charge in [0.25, 0.3) is 0 Å². The summed E-state index contributed by atoms with van der Waals surface area (Å²) in [5, 5.41) is 0. The zero-order valence-corrected chi connectivity index (χ0v) is 10.00. The van der Waals surface area contributed by atoms with E-state index in [9.17, 15) is 4.79 Å². The summed E-state index contributed by atoms with van der Waals surface area (Å²) in [6.07, 6.45) is 3.30. The van der Waals surface area contributed by atoms with Crippen molar-refractivity contribution in [2.75, 3.05) is 6.61 Å². The number of ether oxygens (including phenoxy) is 2. The lowest BCUT2D eigenvalue weighted by molar-refractivity contribution is 0.0526. The molecule has 18 heavy (non-hydrogen) atoms. The van der Waals surface area contributed by atoms with Gasteiger partial charge in [-0.2, -0.15) is 0 Å². The molecule has 0 bridgehead atoms. The maximum atomic E-state index is 11.4. The summed E-state index contributed by atoms with van der Waals surface area (Å²) in [6.45, 7) is 2.14. The first-order valence-corrected chi connectivity index (χ1v) is 5.64. The molecular weight excluding hydrogens is 230 g/mol. The SMILES string of the molecule is CCOC(=O)c1ccc(Oc2cccnc2)cc1. The molecule has 0 radical (unpaired) electrons. The van der Waals surface area contributed by atoms with E-state index in [4.69, 9.17) is 9.47 Å².